The summed E-state index contributed by atoms with van der Waals surface area (Å²) in [5, 5.41) is 12.0. The number of carboxylic acids is 1. The highest BCUT2D eigenvalue weighted by atomic mass is 16.5. The molecule has 1 aliphatic rings. The maximum Gasteiger partial charge on any atom is 0.317 e. The molecule has 0 aromatic heterocycles. The summed E-state index contributed by atoms with van der Waals surface area (Å²) in [5.41, 5.74) is -0.0875. The first-order valence-corrected chi connectivity index (χ1v) is 7.49. The fraction of sp³-hybridized carbons (Fsp3) is 0.867. The van der Waals surface area contributed by atoms with E-state index in [1.54, 1.807) is 4.90 Å². The molecule has 1 fully saturated rings. The molecule has 0 spiro atoms. The van der Waals surface area contributed by atoms with E-state index in [4.69, 9.17) is 4.74 Å². The first-order valence-electron chi connectivity index (χ1n) is 7.49. The molecule has 0 aromatic carbocycles. The highest BCUT2D eigenvalue weighted by molar-refractivity contribution is 5.76. The summed E-state index contributed by atoms with van der Waals surface area (Å²) in [5.74, 6) is -1.43. The van der Waals surface area contributed by atoms with Crippen LogP contribution in [0.4, 0.5) is 4.79 Å². The zero-order chi connectivity index (χ0) is 16.2. The molecular formula is C15H28N2O4. The van der Waals surface area contributed by atoms with Gasteiger partial charge in [-0.05, 0) is 25.7 Å². The first-order chi connectivity index (χ1) is 9.58. The highest BCUT2D eigenvalue weighted by Crippen LogP contribution is 2.24. The number of aliphatic carboxylic acids is 1. The van der Waals surface area contributed by atoms with Crippen LogP contribution in [0, 0.1) is 11.3 Å². The van der Waals surface area contributed by atoms with Crippen LogP contribution in [0.15, 0.2) is 0 Å². The zero-order valence-electron chi connectivity index (χ0n) is 13.7. The topological polar surface area (TPSA) is 78.9 Å². The fourth-order valence-corrected chi connectivity index (χ4v) is 2.65. The summed E-state index contributed by atoms with van der Waals surface area (Å²) < 4.78 is 5.58. The van der Waals surface area contributed by atoms with E-state index in [1.807, 2.05) is 34.6 Å². The van der Waals surface area contributed by atoms with Gasteiger partial charge in [-0.25, -0.2) is 4.79 Å². The van der Waals surface area contributed by atoms with Gasteiger partial charge in [0.25, 0.3) is 0 Å². The van der Waals surface area contributed by atoms with Crippen molar-refractivity contribution in [1.82, 2.24) is 10.2 Å². The number of nitrogens with one attached hydrogen (secondary N) is 1. The van der Waals surface area contributed by atoms with E-state index in [0.717, 1.165) is 0 Å². The van der Waals surface area contributed by atoms with Crippen LogP contribution in [0.25, 0.3) is 0 Å². The molecular weight excluding hydrogens is 272 g/mol. The van der Waals surface area contributed by atoms with Crippen LogP contribution in [-0.2, 0) is 9.53 Å². The van der Waals surface area contributed by atoms with Gasteiger partial charge in [-0.1, -0.05) is 20.8 Å². The highest BCUT2D eigenvalue weighted by Gasteiger charge is 2.28. The maximum atomic E-state index is 12.1. The number of ether oxygens (including phenoxy) is 1. The molecule has 1 heterocycles. The maximum absolute atomic E-state index is 12.1. The summed E-state index contributed by atoms with van der Waals surface area (Å²) in [6.07, 6.45) is 0.534. The second-order valence-electron chi connectivity index (χ2n) is 7.15. The molecule has 6 nitrogen and oxygen atoms in total. The van der Waals surface area contributed by atoms with Crippen LogP contribution in [0.5, 0.6) is 0 Å². The Labute approximate surface area is 126 Å². The number of carbonyl (C=O) groups excluding carboxylic acids is 1. The number of rotatable bonds is 4. The summed E-state index contributed by atoms with van der Waals surface area (Å²) in [6, 6.07) is -0.211. The quantitative estimate of drug-likeness (QED) is 0.831. The second kappa shape index (κ2) is 7.11. The van der Waals surface area contributed by atoms with Gasteiger partial charge >= 0.3 is 12.0 Å². The number of urea groups is 1. The van der Waals surface area contributed by atoms with E-state index in [0.29, 0.717) is 19.5 Å². The van der Waals surface area contributed by atoms with Crippen molar-refractivity contribution in [2.75, 3.05) is 19.6 Å². The minimum Gasteiger partial charge on any atom is -0.481 e. The Hall–Kier alpha value is -1.30. The smallest absolute Gasteiger partial charge is 0.317 e. The summed E-state index contributed by atoms with van der Waals surface area (Å²) in [4.78, 5) is 25.1. The van der Waals surface area contributed by atoms with E-state index in [1.165, 1.54) is 0 Å². The Morgan fingerprint density at radius 3 is 2.24 bits per heavy atom. The first kappa shape index (κ1) is 17.8. The van der Waals surface area contributed by atoms with Crippen molar-refractivity contribution in [1.29, 1.82) is 0 Å². The van der Waals surface area contributed by atoms with Gasteiger partial charge in [0.1, 0.15) is 0 Å². The fourth-order valence-electron chi connectivity index (χ4n) is 2.65. The Balaban J connectivity index is 2.51. The number of hydrogen-bond donors (Lipinski definition) is 2. The van der Waals surface area contributed by atoms with Gasteiger partial charge in [0.2, 0.25) is 0 Å². The molecule has 3 unspecified atom stereocenters. The predicted molar refractivity (Wildman–Crippen MR) is 80.2 cm³/mol. The third-order valence-corrected chi connectivity index (χ3v) is 3.41. The van der Waals surface area contributed by atoms with E-state index in [9.17, 15) is 14.7 Å². The Bertz CT molecular complexity index is 368. The number of hydrogen-bond acceptors (Lipinski definition) is 3. The molecule has 21 heavy (non-hydrogen) atoms. The van der Waals surface area contributed by atoms with Crippen molar-refractivity contribution < 1.29 is 19.4 Å². The van der Waals surface area contributed by atoms with Crippen molar-refractivity contribution in [2.24, 2.45) is 11.3 Å². The molecule has 1 rings (SSSR count). The van der Waals surface area contributed by atoms with Gasteiger partial charge in [0, 0.05) is 19.6 Å². The van der Waals surface area contributed by atoms with Crippen LogP contribution in [0.2, 0.25) is 0 Å². The molecule has 2 amide bonds. The van der Waals surface area contributed by atoms with Crippen LogP contribution in [0.3, 0.4) is 0 Å². The van der Waals surface area contributed by atoms with E-state index in [-0.39, 0.29) is 30.2 Å². The van der Waals surface area contributed by atoms with E-state index < -0.39 is 11.9 Å². The number of carboxylic acid groups (broad SMARTS) is 1. The molecule has 1 aliphatic heterocycles. The van der Waals surface area contributed by atoms with Crippen molar-refractivity contribution >= 4 is 12.0 Å². The number of carbonyl (C=O) groups is 2. The average molecular weight is 300 g/mol. The standard InChI is InChI=1S/C15H28N2O4/c1-10-8-17(9-11(2)21-10)14(20)16-7-12(13(18)19)6-15(3,4)5/h10-12H,6-9H2,1-5H3,(H,16,20)(H,18,19). The molecule has 1 saturated heterocycles. The van der Waals surface area contributed by atoms with Crippen LogP contribution >= 0.6 is 0 Å². The third-order valence-electron chi connectivity index (χ3n) is 3.41. The van der Waals surface area contributed by atoms with E-state index in [2.05, 4.69) is 5.32 Å². The second-order valence-corrected chi connectivity index (χ2v) is 7.15. The summed E-state index contributed by atoms with van der Waals surface area (Å²) >= 11 is 0. The lowest BCUT2D eigenvalue weighted by Gasteiger charge is -2.35. The molecule has 0 aromatic rings. The Morgan fingerprint density at radius 2 is 1.81 bits per heavy atom. The average Bonchev–Trinajstić information content (AvgIpc) is 2.31. The van der Waals surface area contributed by atoms with Crippen LogP contribution in [-0.4, -0.2) is 53.8 Å². The Morgan fingerprint density at radius 1 is 1.29 bits per heavy atom. The number of morpholine rings is 1. The lowest BCUT2D eigenvalue weighted by Crippen LogP contribution is -2.52. The van der Waals surface area contributed by atoms with E-state index >= 15 is 0 Å². The lowest BCUT2D eigenvalue weighted by atomic mass is 9.84. The predicted octanol–water partition coefficient (Wildman–Crippen LogP) is 1.94. The molecule has 2 N–H and O–H groups in total. The van der Waals surface area contributed by atoms with Crippen molar-refractivity contribution in [3.63, 3.8) is 0 Å². The zero-order valence-corrected chi connectivity index (χ0v) is 13.7. The third kappa shape index (κ3) is 6.33. The molecule has 122 valence electrons. The number of amides is 2. The van der Waals surface area contributed by atoms with Crippen LogP contribution in [0.1, 0.15) is 41.0 Å². The largest absolute Gasteiger partial charge is 0.481 e. The van der Waals surface area contributed by atoms with Crippen molar-refractivity contribution in [3.05, 3.63) is 0 Å². The molecule has 0 bridgehead atoms. The normalized spacial score (nSPS) is 24.5. The van der Waals surface area contributed by atoms with Crippen molar-refractivity contribution in [2.45, 2.75) is 53.2 Å². The van der Waals surface area contributed by atoms with Gasteiger partial charge in [-0.3, -0.25) is 4.79 Å². The minimum absolute atomic E-state index is 0.00402. The van der Waals surface area contributed by atoms with Gasteiger partial charge in [0.15, 0.2) is 0 Å². The Kier molecular flexibility index (Phi) is 6.01. The molecule has 3 atom stereocenters. The lowest BCUT2D eigenvalue weighted by molar-refractivity contribution is -0.142. The summed E-state index contributed by atoms with van der Waals surface area (Å²) in [7, 11) is 0. The van der Waals surface area contributed by atoms with Gasteiger partial charge in [-0.15, -0.1) is 0 Å². The molecule has 0 radical (unpaired) electrons. The van der Waals surface area contributed by atoms with Crippen LogP contribution < -0.4 is 5.32 Å². The molecule has 0 aliphatic carbocycles. The van der Waals surface area contributed by atoms with Gasteiger partial charge in [0.05, 0.1) is 18.1 Å². The number of nitrogens with zero attached hydrogens (tertiary/aromatic N) is 1. The monoisotopic (exact) mass is 300 g/mol. The van der Waals surface area contributed by atoms with Gasteiger partial charge < -0.3 is 20.1 Å². The van der Waals surface area contributed by atoms with Gasteiger partial charge in [-0.2, -0.15) is 0 Å². The minimum atomic E-state index is -0.867. The molecule has 6 heteroatoms. The molecule has 0 saturated carbocycles. The summed E-state index contributed by atoms with van der Waals surface area (Å²) in [6.45, 7) is 11.1. The SMILES string of the molecule is CC1CN(C(=O)NCC(CC(C)(C)C)C(=O)O)CC(C)O1. The van der Waals surface area contributed by atoms with Crippen molar-refractivity contribution in [3.8, 4) is 0 Å².